The van der Waals surface area contributed by atoms with Crippen molar-refractivity contribution in [2.24, 2.45) is 0 Å². The topological polar surface area (TPSA) is 97.3 Å². The van der Waals surface area contributed by atoms with E-state index in [0.29, 0.717) is 16.6 Å². The Labute approximate surface area is 175 Å². The molecule has 2 amide bonds. The monoisotopic (exact) mass is 429 g/mol. The summed E-state index contributed by atoms with van der Waals surface area (Å²) in [6.45, 7) is 5.72. The fourth-order valence-electron chi connectivity index (χ4n) is 2.85. The van der Waals surface area contributed by atoms with Gasteiger partial charge in [-0.1, -0.05) is 25.2 Å². The van der Waals surface area contributed by atoms with Gasteiger partial charge >= 0.3 is 0 Å². The Kier molecular flexibility index (Phi) is 5.29. The van der Waals surface area contributed by atoms with E-state index in [1.165, 1.54) is 16.2 Å². The van der Waals surface area contributed by atoms with E-state index in [1.54, 1.807) is 17.4 Å². The number of aromatic nitrogens is 3. The van der Waals surface area contributed by atoms with E-state index in [0.717, 1.165) is 21.3 Å². The highest BCUT2D eigenvalue weighted by atomic mass is 32.1. The van der Waals surface area contributed by atoms with Crippen molar-refractivity contribution in [3.05, 3.63) is 33.6 Å². The van der Waals surface area contributed by atoms with Crippen LogP contribution in [0.1, 0.15) is 29.8 Å². The molecule has 0 unspecified atom stereocenters. The maximum absolute atomic E-state index is 12.6. The summed E-state index contributed by atoms with van der Waals surface area (Å²) in [5.41, 5.74) is 2.25. The SMILES string of the molecule is Cc1nc(-c2ccc3c(c2)N(CC(=O)Nc2nnc(C(C)C)s2)C(=O)CO3)cs1. The number of rotatable bonds is 5. The highest BCUT2D eigenvalue weighted by molar-refractivity contribution is 7.15. The first kappa shape index (κ1) is 19.5. The molecule has 3 heterocycles. The number of carbonyl (C=O) groups is 2. The molecule has 0 saturated heterocycles. The number of benzene rings is 1. The van der Waals surface area contributed by atoms with E-state index in [4.69, 9.17) is 4.74 Å². The standard InChI is InChI=1S/C19H19N5O3S2/c1-10(2)18-22-23-19(29-18)21-16(25)7-24-14-6-12(13-9-28-11(3)20-13)4-5-15(14)27-8-17(24)26/h4-6,9-10H,7-8H2,1-3H3,(H,21,23,25). The van der Waals surface area contributed by atoms with E-state index in [9.17, 15) is 9.59 Å². The molecule has 10 heteroatoms. The molecule has 150 valence electrons. The van der Waals surface area contributed by atoms with Gasteiger partial charge in [0.2, 0.25) is 11.0 Å². The quantitative estimate of drug-likeness (QED) is 0.667. The molecule has 3 aromatic rings. The fourth-order valence-corrected chi connectivity index (χ4v) is 4.24. The van der Waals surface area contributed by atoms with Gasteiger partial charge in [0.05, 0.1) is 16.4 Å². The highest BCUT2D eigenvalue weighted by Gasteiger charge is 2.28. The van der Waals surface area contributed by atoms with Gasteiger partial charge in [0.1, 0.15) is 17.3 Å². The fraction of sp³-hybridized carbons (Fsp3) is 0.316. The zero-order valence-electron chi connectivity index (χ0n) is 16.1. The summed E-state index contributed by atoms with van der Waals surface area (Å²) in [4.78, 5) is 30.9. The summed E-state index contributed by atoms with van der Waals surface area (Å²) < 4.78 is 5.53. The van der Waals surface area contributed by atoms with Crippen LogP contribution in [-0.4, -0.2) is 40.1 Å². The molecule has 8 nitrogen and oxygen atoms in total. The first-order valence-electron chi connectivity index (χ1n) is 9.03. The second-order valence-corrected chi connectivity index (χ2v) is 8.92. The van der Waals surface area contributed by atoms with Crippen molar-refractivity contribution >= 4 is 45.3 Å². The molecule has 1 aromatic carbocycles. The normalized spacial score (nSPS) is 13.4. The lowest BCUT2D eigenvalue weighted by molar-refractivity contribution is -0.123. The second-order valence-electron chi connectivity index (χ2n) is 6.85. The first-order chi connectivity index (χ1) is 13.9. The maximum atomic E-state index is 12.6. The van der Waals surface area contributed by atoms with Crippen LogP contribution in [0.5, 0.6) is 5.75 Å². The number of amides is 2. The van der Waals surface area contributed by atoms with Gasteiger partial charge in [0.25, 0.3) is 5.91 Å². The van der Waals surface area contributed by atoms with Gasteiger partial charge in [0, 0.05) is 16.9 Å². The third kappa shape index (κ3) is 4.13. The number of nitrogens with one attached hydrogen (secondary N) is 1. The molecule has 4 rings (SSSR count). The molecule has 29 heavy (non-hydrogen) atoms. The van der Waals surface area contributed by atoms with Crippen molar-refractivity contribution in [1.29, 1.82) is 0 Å². The van der Waals surface area contributed by atoms with Crippen LogP contribution >= 0.6 is 22.7 Å². The number of hydrogen-bond acceptors (Lipinski definition) is 8. The molecule has 0 radical (unpaired) electrons. The molecule has 1 N–H and O–H groups in total. The number of anilines is 2. The molecule has 0 atom stereocenters. The number of hydrogen-bond donors (Lipinski definition) is 1. The van der Waals surface area contributed by atoms with Crippen LogP contribution in [0.25, 0.3) is 11.3 Å². The molecule has 0 fully saturated rings. The maximum Gasteiger partial charge on any atom is 0.265 e. The number of carbonyl (C=O) groups excluding carboxylic acids is 2. The smallest absolute Gasteiger partial charge is 0.265 e. The number of aryl methyl sites for hydroxylation is 1. The van der Waals surface area contributed by atoms with Gasteiger partial charge in [-0.25, -0.2) is 4.98 Å². The highest BCUT2D eigenvalue weighted by Crippen LogP contribution is 2.36. The molecule has 0 aliphatic carbocycles. The molecule has 0 saturated carbocycles. The van der Waals surface area contributed by atoms with Crippen LogP contribution in [0.4, 0.5) is 10.8 Å². The number of nitrogens with zero attached hydrogens (tertiary/aromatic N) is 4. The summed E-state index contributed by atoms with van der Waals surface area (Å²) >= 11 is 2.89. The van der Waals surface area contributed by atoms with Crippen molar-refractivity contribution < 1.29 is 14.3 Å². The lowest BCUT2D eigenvalue weighted by atomic mass is 10.1. The van der Waals surface area contributed by atoms with Crippen molar-refractivity contribution in [2.75, 3.05) is 23.4 Å². The molecular formula is C19H19N5O3S2. The van der Waals surface area contributed by atoms with Gasteiger partial charge in [-0.05, 0) is 25.1 Å². The van der Waals surface area contributed by atoms with Crippen molar-refractivity contribution in [1.82, 2.24) is 15.2 Å². The third-order valence-electron chi connectivity index (χ3n) is 4.30. The summed E-state index contributed by atoms with van der Waals surface area (Å²) in [5, 5.41) is 15.0. The third-order valence-corrected chi connectivity index (χ3v) is 6.21. The number of fused-ring (bicyclic) bond motifs is 1. The number of ether oxygens (including phenoxy) is 1. The summed E-state index contributed by atoms with van der Waals surface area (Å²) in [6, 6.07) is 5.53. The van der Waals surface area contributed by atoms with Crippen LogP contribution in [0, 0.1) is 6.92 Å². The van der Waals surface area contributed by atoms with Gasteiger partial charge < -0.3 is 4.74 Å². The van der Waals surface area contributed by atoms with Gasteiger partial charge in [-0.2, -0.15) is 0 Å². The van der Waals surface area contributed by atoms with E-state index in [-0.39, 0.29) is 30.9 Å². The minimum Gasteiger partial charge on any atom is -0.482 e. The largest absolute Gasteiger partial charge is 0.482 e. The predicted octanol–water partition coefficient (Wildman–Crippen LogP) is 3.46. The first-order valence-corrected chi connectivity index (χ1v) is 10.7. The average molecular weight is 430 g/mol. The zero-order valence-corrected chi connectivity index (χ0v) is 17.8. The lowest BCUT2D eigenvalue weighted by Crippen LogP contribution is -2.43. The van der Waals surface area contributed by atoms with E-state index in [2.05, 4.69) is 20.5 Å². The van der Waals surface area contributed by atoms with Crippen LogP contribution in [0.15, 0.2) is 23.6 Å². The second kappa shape index (κ2) is 7.88. The lowest BCUT2D eigenvalue weighted by Gasteiger charge is -2.29. The Balaban J connectivity index is 1.55. The summed E-state index contributed by atoms with van der Waals surface area (Å²) in [5.74, 6) is 0.177. The summed E-state index contributed by atoms with van der Waals surface area (Å²) in [6.07, 6.45) is 0. The Morgan fingerprint density at radius 1 is 1.34 bits per heavy atom. The van der Waals surface area contributed by atoms with E-state index in [1.807, 2.05) is 38.3 Å². The Morgan fingerprint density at radius 3 is 2.86 bits per heavy atom. The number of thiazole rings is 1. The van der Waals surface area contributed by atoms with Crippen molar-refractivity contribution in [3.63, 3.8) is 0 Å². The predicted molar refractivity (Wildman–Crippen MR) is 113 cm³/mol. The van der Waals surface area contributed by atoms with Crippen LogP contribution in [0.2, 0.25) is 0 Å². The Hall–Kier alpha value is -2.85. The van der Waals surface area contributed by atoms with Gasteiger partial charge in [-0.15, -0.1) is 21.5 Å². The van der Waals surface area contributed by atoms with E-state index >= 15 is 0 Å². The molecule has 0 bridgehead atoms. The van der Waals surface area contributed by atoms with E-state index < -0.39 is 0 Å². The molecule has 1 aliphatic rings. The molecule has 0 spiro atoms. The minimum atomic E-state index is -0.340. The summed E-state index contributed by atoms with van der Waals surface area (Å²) in [7, 11) is 0. The van der Waals surface area contributed by atoms with Crippen molar-refractivity contribution in [3.8, 4) is 17.0 Å². The molecule has 1 aliphatic heterocycles. The zero-order chi connectivity index (χ0) is 20.5. The Morgan fingerprint density at radius 2 is 2.17 bits per heavy atom. The average Bonchev–Trinajstić information content (AvgIpc) is 3.33. The van der Waals surface area contributed by atoms with Gasteiger partial charge in [0.15, 0.2) is 6.61 Å². The molecular weight excluding hydrogens is 410 g/mol. The van der Waals surface area contributed by atoms with Crippen molar-refractivity contribution in [2.45, 2.75) is 26.7 Å². The van der Waals surface area contributed by atoms with Crippen LogP contribution in [0.3, 0.4) is 0 Å². The van der Waals surface area contributed by atoms with Crippen LogP contribution in [-0.2, 0) is 9.59 Å². The molecule has 2 aromatic heterocycles. The van der Waals surface area contributed by atoms with Crippen LogP contribution < -0.4 is 15.0 Å². The van der Waals surface area contributed by atoms with Gasteiger partial charge in [-0.3, -0.25) is 19.8 Å². The minimum absolute atomic E-state index is 0.105. The Bertz CT molecular complexity index is 1080.